The SMILES string of the molecule is O=C(O)C(/C=C(/Br)c1ccccc1)NC(c1ccccc1)c1ccccc1. The van der Waals surface area contributed by atoms with E-state index in [4.69, 9.17) is 0 Å². The molecular formula is C23H20BrNO2. The summed E-state index contributed by atoms with van der Waals surface area (Å²) < 4.78 is 0.739. The molecule has 0 amide bonds. The van der Waals surface area contributed by atoms with Gasteiger partial charge in [0.05, 0.1) is 6.04 Å². The Morgan fingerprint density at radius 2 is 1.26 bits per heavy atom. The molecule has 0 aromatic heterocycles. The van der Waals surface area contributed by atoms with E-state index in [1.165, 1.54) is 0 Å². The Morgan fingerprint density at radius 3 is 1.70 bits per heavy atom. The Labute approximate surface area is 167 Å². The number of carboxylic acids is 1. The molecule has 1 unspecified atom stereocenters. The van der Waals surface area contributed by atoms with Crippen molar-refractivity contribution in [3.05, 3.63) is 114 Å². The molecule has 0 bridgehead atoms. The second kappa shape index (κ2) is 9.31. The third kappa shape index (κ3) is 5.16. The van der Waals surface area contributed by atoms with Crippen LogP contribution in [-0.2, 0) is 4.79 Å². The minimum atomic E-state index is -0.931. The van der Waals surface area contributed by atoms with Crippen LogP contribution in [0.4, 0.5) is 0 Å². The maximum Gasteiger partial charge on any atom is 0.324 e. The van der Waals surface area contributed by atoms with Crippen LogP contribution >= 0.6 is 15.9 Å². The summed E-state index contributed by atoms with van der Waals surface area (Å²) in [4.78, 5) is 11.9. The van der Waals surface area contributed by atoms with Gasteiger partial charge in [0, 0.05) is 4.48 Å². The fourth-order valence-electron chi connectivity index (χ4n) is 2.89. The van der Waals surface area contributed by atoms with Crippen LogP contribution in [0.3, 0.4) is 0 Å². The lowest BCUT2D eigenvalue weighted by atomic mass is 9.97. The summed E-state index contributed by atoms with van der Waals surface area (Å²) in [6, 6.07) is 28.3. The molecule has 0 fully saturated rings. The lowest BCUT2D eigenvalue weighted by Gasteiger charge is -2.23. The number of carbonyl (C=O) groups is 1. The van der Waals surface area contributed by atoms with Crippen molar-refractivity contribution in [1.82, 2.24) is 5.32 Å². The van der Waals surface area contributed by atoms with E-state index in [1.54, 1.807) is 6.08 Å². The molecule has 0 saturated carbocycles. The second-order valence-corrected chi connectivity index (χ2v) is 6.97. The Bertz CT molecular complexity index is 856. The van der Waals surface area contributed by atoms with Gasteiger partial charge in [-0.05, 0) is 22.8 Å². The minimum absolute atomic E-state index is 0.235. The van der Waals surface area contributed by atoms with Crippen molar-refractivity contribution >= 4 is 26.4 Å². The number of hydrogen-bond acceptors (Lipinski definition) is 2. The van der Waals surface area contributed by atoms with E-state index >= 15 is 0 Å². The maximum atomic E-state index is 11.9. The highest BCUT2D eigenvalue weighted by molar-refractivity contribution is 9.15. The first-order valence-corrected chi connectivity index (χ1v) is 9.46. The molecule has 0 radical (unpaired) electrons. The number of nitrogens with one attached hydrogen (secondary N) is 1. The van der Waals surface area contributed by atoms with E-state index in [-0.39, 0.29) is 6.04 Å². The van der Waals surface area contributed by atoms with E-state index in [0.29, 0.717) is 0 Å². The number of halogens is 1. The van der Waals surface area contributed by atoms with Crippen LogP contribution in [0.15, 0.2) is 97.1 Å². The Kier molecular flexibility index (Phi) is 6.58. The van der Waals surface area contributed by atoms with Gasteiger partial charge in [-0.25, -0.2) is 0 Å². The zero-order chi connectivity index (χ0) is 19.1. The molecule has 0 aliphatic rings. The first-order valence-electron chi connectivity index (χ1n) is 8.66. The van der Waals surface area contributed by atoms with Gasteiger partial charge < -0.3 is 5.11 Å². The molecule has 1 atom stereocenters. The summed E-state index contributed by atoms with van der Waals surface area (Å²) in [5.41, 5.74) is 2.96. The minimum Gasteiger partial charge on any atom is -0.480 e. The van der Waals surface area contributed by atoms with Crippen LogP contribution in [0.2, 0.25) is 0 Å². The van der Waals surface area contributed by atoms with Crippen molar-refractivity contribution in [2.75, 3.05) is 0 Å². The topological polar surface area (TPSA) is 49.3 Å². The largest absolute Gasteiger partial charge is 0.480 e. The van der Waals surface area contributed by atoms with E-state index in [2.05, 4.69) is 21.2 Å². The number of carboxylic acid groups (broad SMARTS) is 1. The molecule has 0 spiro atoms. The summed E-state index contributed by atoms with van der Waals surface area (Å²) in [7, 11) is 0. The summed E-state index contributed by atoms with van der Waals surface area (Å²) in [5.74, 6) is -0.931. The standard InChI is InChI=1S/C23H20BrNO2/c24-20(17-10-4-1-5-11-17)16-21(23(26)27)25-22(18-12-6-2-7-13-18)19-14-8-3-9-15-19/h1-16,21-22,25H,(H,26,27)/b20-16+. The Balaban J connectivity index is 1.93. The molecule has 0 aliphatic heterocycles. The average Bonchev–Trinajstić information content (AvgIpc) is 2.72. The van der Waals surface area contributed by atoms with Crippen LogP contribution < -0.4 is 5.32 Å². The van der Waals surface area contributed by atoms with E-state index < -0.39 is 12.0 Å². The van der Waals surface area contributed by atoms with E-state index in [0.717, 1.165) is 21.2 Å². The van der Waals surface area contributed by atoms with Gasteiger partial charge in [0.15, 0.2) is 0 Å². The van der Waals surface area contributed by atoms with Gasteiger partial charge in [0.25, 0.3) is 0 Å². The molecule has 3 rings (SSSR count). The summed E-state index contributed by atoms with van der Waals surface area (Å²) >= 11 is 3.52. The fourth-order valence-corrected chi connectivity index (χ4v) is 3.41. The zero-order valence-electron chi connectivity index (χ0n) is 14.6. The van der Waals surface area contributed by atoms with Crippen molar-refractivity contribution in [3.8, 4) is 0 Å². The number of benzene rings is 3. The van der Waals surface area contributed by atoms with Crippen LogP contribution in [0, 0.1) is 0 Å². The van der Waals surface area contributed by atoms with E-state index in [9.17, 15) is 9.90 Å². The van der Waals surface area contributed by atoms with Crippen molar-refractivity contribution in [2.24, 2.45) is 0 Å². The third-order valence-corrected chi connectivity index (χ3v) is 4.96. The molecule has 3 aromatic carbocycles. The normalized spacial score (nSPS) is 12.7. The smallest absolute Gasteiger partial charge is 0.324 e. The highest BCUT2D eigenvalue weighted by Gasteiger charge is 2.22. The lowest BCUT2D eigenvalue weighted by molar-refractivity contribution is -0.138. The van der Waals surface area contributed by atoms with E-state index in [1.807, 2.05) is 91.0 Å². The molecule has 3 aromatic rings. The fraction of sp³-hybridized carbons (Fsp3) is 0.0870. The molecule has 0 aliphatic carbocycles. The van der Waals surface area contributed by atoms with Crippen molar-refractivity contribution in [2.45, 2.75) is 12.1 Å². The zero-order valence-corrected chi connectivity index (χ0v) is 16.2. The predicted molar refractivity (Wildman–Crippen MR) is 113 cm³/mol. The summed E-state index contributed by atoms with van der Waals surface area (Å²) in [6.07, 6.45) is 1.69. The van der Waals surface area contributed by atoms with Gasteiger partial charge in [-0.3, -0.25) is 10.1 Å². The highest BCUT2D eigenvalue weighted by atomic mass is 79.9. The van der Waals surface area contributed by atoms with Crippen LogP contribution in [0.5, 0.6) is 0 Å². The summed E-state index contributed by atoms with van der Waals surface area (Å²) in [6.45, 7) is 0. The number of rotatable bonds is 7. The van der Waals surface area contributed by atoms with Crippen LogP contribution in [-0.4, -0.2) is 17.1 Å². The number of hydrogen-bond donors (Lipinski definition) is 2. The van der Waals surface area contributed by atoms with Crippen molar-refractivity contribution < 1.29 is 9.90 Å². The first kappa shape index (κ1) is 19.1. The second-order valence-electron chi connectivity index (χ2n) is 6.12. The summed E-state index contributed by atoms with van der Waals surface area (Å²) in [5, 5.41) is 13.1. The Morgan fingerprint density at radius 1 is 0.815 bits per heavy atom. The quantitative estimate of drug-likeness (QED) is 0.547. The van der Waals surface area contributed by atoms with Gasteiger partial charge in [-0.2, -0.15) is 0 Å². The van der Waals surface area contributed by atoms with Gasteiger partial charge >= 0.3 is 5.97 Å². The van der Waals surface area contributed by atoms with Gasteiger partial charge in [0.2, 0.25) is 0 Å². The molecule has 3 nitrogen and oxygen atoms in total. The monoisotopic (exact) mass is 421 g/mol. The molecule has 0 saturated heterocycles. The van der Waals surface area contributed by atoms with Crippen LogP contribution in [0.25, 0.3) is 4.48 Å². The lowest BCUT2D eigenvalue weighted by Crippen LogP contribution is -2.38. The molecule has 27 heavy (non-hydrogen) atoms. The maximum absolute atomic E-state index is 11.9. The molecule has 2 N–H and O–H groups in total. The van der Waals surface area contributed by atoms with Crippen molar-refractivity contribution in [1.29, 1.82) is 0 Å². The van der Waals surface area contributed by atoms with Gasteiger partial charge in [-0.15, -0.1) is 0 Å². The molecule has 136 valence electrons. The number of aliphatic carboxylic acids is 1. The van der Waals surface area contributed by atoms with Crippen LogP contribution in [0.1, 0.15) is 22.7 Å². The molecule has 0 heterocycles. The predicted octanol–water partition coefficient (Wildman–Crippen LogP) is 5.25. The molecular weight excluding hydrogens is 402 g/mol. The van der Waals surface area contributed by atoms with Gasteiger partial charge in [0.1, 0.15) is 6.04 Å². The Hall–Kier alpha value is -2.69. The van der Waals surface area contributed by atoms with Crippen molar-refractivity contribution in [3.63, 3.8) is 0 Å². The first-order chi connectivity index (χ1) is 13.1. The third-order valence-electron chi connectivity index (χ3n) is 4.24. The molecule has 4 heteroatoms. The average molecular weight is 422 g/mol. The van der Waals surface area contributed by atoms with Gasteiger partial charge in [-0.1, -0.05) is 107 Å². The highest BCUT2D eigenvalue weighted by Crippen LogP contribution is 2.25.